The average Bonchev–Trinajstić information content (AvgIpc) is 3.91. The van der Waals surface area contributed by atoms with Crippen LogP contribution in [0.4, 0.5) is 17.1 Å². The van der Waals surface area contributed by atoms with Crippen molar-refractivity contribution in [3.05, 3.63) is 243 Å². The Labute approximate surface area is 404 Å². The molecule has 0 saturated carbocycles. The van der Waals surface area contributed by atoms with Crippen molar-refractivity contribution in [2.75, 3.05) is 4.90 Å². The van der Waals surface area contributed by atoms with Gasteiger partial charge in [-0.3, -0.25) is 0 Å². The number of hydrogen-bond donors (Lipinski definition) is 0. The van der Waals surface area contributed by atoms with E-state index in [0.29, 0.717) is 0 Å². The van der Waals surface area contributed by atoms with Crippen molar-refractivity contribution in [3.8, 4) is 45.5 Å². The van der Waals surface area contributed by atoms with E-state index < -0.39 is 0 Å². The SMILES string of the molecule is c1ccc(N(c2ccccc2)c2ccc3c4cc5c(cc4n(-c4ccccc4)c3c2)Oc2cc(-c3ccc4ccccc4c3)cc3c2B5c2cc4c5ccccc5n(-c5ccccc5)c4cc2O3)cc1. The molecule has 0 saturated heterocycles. The van der Waals surface area contributed by atoms with Crippen LogP contribution in [0.2, 0.25) is 0 Å². The van der Waals surface area contributed by atoms with Gasteiger partial charge in [-0.15, -0.1) is 0 Å². The summed E-state index contributed by atoms with van der Waals surface area (Å²) in [6, 6.07) is 87.2. The van der Waals surface area contributed by atoms with E-state index in [9.17, 15) is 0 Å². The van der Waals surface area contributed by atoms with Crippen LogP contribution in [-0.2, 0) is 0 Å². The molecule has 4 heterocycles. The maximum absolute atomic E-state index is 7.28. The molecular formula is C64H40BN3O2. The van der Waals surface area contributed by atoms with Crippen LogP contribution in [0.25, 0.3) is 76.9 Å². The third-order valence-corrected chi connectivity index (χ3v) is 14.5. The first-order valence-corrected chi connectivity index (χ1v) is 23.9. The lowest BCUT2D eigenvalue weighted by Crippen LogP contribution is -2.57. The molecule has 0 N–H and O–H groups in total. The van der Waals surface area contributed by atoms with Crippen molar-refractivity contribution < 1.29 is 9.47 Å². The molecule has 0 unspecified atom stereocenters. The van der Waals surface area contributed by atoms with Crippen LogP contribution < -0.4 is 30.8 Å². The highest BCUT2D eigenvalue weighted by Gasteiger charge is 2.42. The highest BCUT2D eigenvalue weighted by Crippen LogP contribution is 2.45. The second-order valence-electron chi connectivity index (χ2n) is 18.5. The molecule has 0 amide bonds. The third-order valence-electron chi connectivity index (χ3n) is 14.5. The molecule has 2 aliphatic rings. The minimum Gasteiger partial charge on any atom is -0.458 e. The van der Waals surface area contributed by atoms with Gasteiger partial charge in [0, 0.05) is 67.6 Å². The van der Waals surface area contributed by atoms with Crippen LogP contribution in [0.15, 0.2) is 243 Å². The van der Waals surface area contributed by atoms with Gasteiger partial charge in [0.15, 0.2) is 0 Å². The topological polar surface area (TPSA) is 31.6 Å². The first-order valence-electron chi connectivity index (χ1n) is 23.9. The number of anilines is 3. The maximum Gasteiger partial charge on any atom is 0.260 e. The lowest BCUT2D eigenvalue weighted by molar-refractivity contribution is 0.465. The number of nitrogens with zero attached hydrogens (tertiary/aromatic N) is 3. The minimum absolute atomic E-state index is 0.170. The first-order chi connectivity index (χ1) is 34.7. The highest BCUT2D eigenvalue weighted by molar-refractivity contribution is 6.98. The van der Waals surface area contributed by atoms with Gasteiger partial charge in [0.25, 0.3) is 6.71 Å². The van der Waals surface area contributed by atoms with Crippen molar-refractivity contribution in [2.45, 2.75) is 0 Å². The molecule has 0 aliphatic carbocycles. The van der Waals surface area contributed by atoms with Gasteiger partial charge >= 0.3 is 0 Å². The molecule has 6 heteroatoms. The van der Waals surface area contributed by atoms with E-state index in [2.05, 4.69) is 257 Å². The Bertz CT molecular complexity index is 4200. The van der Waals surface area contributed by atoms with Crippen LogP contribution in [0.1, 0.15) is 0 Å². The van der Waals surface area contributed by atoms with Gasteiger partial charge in [0.1, 0.15) is 23.0 Å². The summed E-state index contributed by atoms with van der Waals surface area (Å²) < 4.78 is 19.3. The second-order valence-corrected chi connectivity index (χ2v) is 18.5. The maximum atomic E-state index is 7.28. The van der Waals surface area contributed by atoms with E-state index in [1.807, 2.05) is 0 Å². The Morgan fingerprint density at radius 1 is 0.314 bits per heavy atom. The quantitative estimate of drug-likeness (QED) is 0.156. The summed E-state index contributed by atoms with van der Waals surface area (Å²) in [6.07, 6.45) is 0. The highest BCUT2D eigenvalue weighted by atomic mass is 16.5. The standard InChI is InChI=1S/C64H40BN3O2/c1-5-19-45(20-6-1)66(46-21-7-2-8-22-46)49-31-32-51-53-38-55-61(40-59(53)68(57(51)36-49)48-25-11-4-12-26-48)70-63-35-44(43-30-29-41-17-13-14-18-42(41)33-43)34-62-64(63)65(55)54-37-52-50-27-15-16-28-56(50)67(47-23-9-3-10-24-47)58(52)39-60(54)69-62/h1-40H. The largest absolute Gasteiger partial charge is 0.458 e. The van der Waals surface area contributed by atoms with E-state index in [-0.39, 0.29) is 6.71 Å². The number of hydrogen-bond acceptors (Lipinski definition) is 3. The molecule has 0 radical (unpaired) electrons. The molecule has 13 aromatic rings. The van der Waals surface area contributed by atoms with Gasteiger partial charge < -0.3 is 23.5 Å². The predicted molar refractivity (Wildman–Crippen MR) is 290 cm³/mol. The average molecular weight is 894 g/mol. The number of ether oxygens (including phenoxy) is 2. The van der Waals surface area contributed by atoms with Crippen molar-refractivity contribution in [1.82, 2.24) is 9.13 Å². The van der Waals surface area contributed by atoms with Crippen LogP contribution in [0.3, 0.4) is 0 Å². The van der Waals surface area contributed by atoms with E-state index in [1.165, 1.54) is 21.5 Å². The zero-order chi connectivity index (χ0) is 45.9. The number of benzene rings is 11. The molecule has 70 heavy (non-hydrogen) atoms. The molecule has 0 atom stereocenters. The summed E-state index contributed by atoms with van der Waals surface area (Å²) in [4.78, 5) is 2.33. The van der Waals surface area contributed by atoms with Crippen LogP contribution in [-0.4, -0.2) is 15.8 Å². The number of aromatic nitrogens is 2. The monoisotopic (exact) mass is 893 g/mol. The number of para-hydroxylation sites is 5. The van der Waals surface area contributed by atoms with Crippen molar-refractivity contribution >= 4 is 94.5 Å². The zero-order valence-electron chi connectivity index (χ0n) is 37.8. The number of rotatable bonds is 6. The summed E-state index contributed by atoms with van der Waals surface area (Å²) in [5.74, 6) is 3.30. The van der Waals surface area contributed by atoms with Crippen molar-refractivity contribution in [3.63, 3.8) is 0 Å². The third kappa shape index (κ3) is 5.87. The summed E-state index contributed by atoms with van der Waals surface area (Å²) in [6.45, 7) is -0.170. The van der Waals surface area contributed by atoms with E-state index >= 15 is 0 Å². The Balaban J connectivity index is 0.995. The van der Waals surface area contributed by atoms with E-state index in [4.69, 9.17) is 9.47 Å². The predicted octanol–water partition coefficient (Wildman–Crippen LogP) is 14.9. The number of fused-ring (bicyclic) bond motifs is 11. The Morgan fingerprint density at radius 3 is 1.43 bits per heavy atom. The Kier molecular flexibility index (Phi) is 8.39. The second kappa shape index (κ2) is 15.1. The molecule has 5 nitrogen and oxygen atoms in total. The molecule has 2 aromatic heterocycles. The molecule has 11 aromatic carbocycles. The summed E-state index contributed by atoms with van der Waals surface area (Å²) in [5.41, 5.74) is 15.3. The van der Waals surface area contributed by atoms with E-state index in [1.54, 1.807) is 0 Å². The van der Waals surface area contributed by atoms with Crippen LogP contribution >= 0.6 is 0 Å². The summed E-state index contributed by atoms with van der Waals surface area (Å²) >= 11 is 0. The van der Waals surface area contributed by atoms with Gasteiger partial charge in [-0.1, -0.05) is 146 Å². The molecule has 2 aliphatic heterocycles. The molecule has 0 bridgehead atoms. The zero-order valence-corrected chi connectivity index (χ0v) is 37.8. The molecular weight excluding hydrogens is 854 g/mol. The fraction of sp³-hybridized carbons (Fsp3) is 0. The summed E-state index contributed by atoms with van der Waals surface area (Å²) in [7, 11) is 0. The van der Waals surface area contributed by atoms with Gasteiger partial charge in [-0.05, 0) is 118 Å². The normalized spacial score (nSPS) is 12.5. The van der Waals surface area contributed by atoms with E-state index in [0.717, 1.165) is 112 Å². The van der Waals surface area contributed by atoms with Gasteiger partial charge in [0.05, 0.1) is 22.1 Å². The van der Waals surface area contributed by atoms with Crippen molar-refractivity contribution in [1.29, 1.82) is 0 Å². The fourth-order valence-corrected chi connectivity index (χ4v) is 11.4. The van der Waals surface area contributed by atoms with Gasteiger partial charge in [-0.2, -0.15) is 0 Å². The Morgan fingerprint density at radius 2 is 0.814 bits per heavy atom. The smallest absolute Gasteiger partial charge is 0.260 e. The fourth-order valence-electron chi connectivity index (χ4n) is 11.4. The first kappa shape index (κ1) is 38.8. The summed E-state index contributed by atoms with van der Waals surface area (Å²) in [5, 5.41) is 7.10. The molecule has 326 valence electrons. The molecule has 0 fully saturated rings. The van der Waals surface area contributed by atoms with Crippen molar-refractivity contribution in [2.24, 2.45) is 0 Å². The minimum atomic E-state index is -0.170. The van der Waals surface area contributed by atoms with Crippen LogP contribution in [0.5, 0.6) is 23.0 Å². The lowest BCUT2D eigenvalue weighted by atomic mass is 9.34. The molecule has 0 spiro atoms. The van der Waals surface area contributed by atoms with Gasteiger partial charge in [-0.25, -0.2) is 0 Å². The lowest BCUT2D eigenvalue weighted by Gasteiger charge is -2.33. The molecule has 15 rings (SSSR count). The Hall–Kier alpha value is -9.26. The van der Waals surface area contributed by atoms with Crippen LogP contribution in [0, 0.1) is 0 Å². The van der Waals surface area contributed by atoms with Gasteiger partial charge in [0.2, 0.25) is 0 Å².